The van der Waals surface area contributed by atoms with Gasteiger partial charge in [-0.3, -0.25) is 4.79 Å². The number of likely N-dealkylation sites (tertiary alicyclic amines) is 1. The molecule has 1 aliphatic heterocycles. The number of piperidine rings is 1. The summed E-state index contributed by atoms with van der Waals surface area (Å²) in [5.41, 5.74) is 0.448. The summed E-state index contributed by atoms with van der Waals surface area (Å²) in [6.07, 6.45) is 2.17. The van der Waals surface area contributed by atoms with Gasteiger partial charge in [0.2, 0.25) is 0 Å². The summed E-state index contributed by atoms with van der Waals surface area (Å²) in [6.45, 7) is 3.68. The Morgan fingerprint density at radius 2 is 2.20 bits per heavy atom. The number of carbonyl (C=O) groups excluding carboxylic acids is 1. The zero-order valence-electron chi connectivity index (χ0n) is 9.19. The molecule has 1 fully saturated rings. The van der Waals surface area contributed by atoms with Crippen molar-refractivity contribution in [3.05, 3.63) is 17.5 Å². The van der Waals surface area contributed by atoms with Crippen LogP contribution < -0.4 is 0 Å². The van der Waals surface area contributed by atoms with E-state index in [1.807, 2.05) is 0 Å². The van der Waals surface area contributed by atoms with Gasteiger partial charge in [-0.25, -0.2) is 0 Å². The highest BCUT2D eigenvalue weighted by molar-refractivity contribution is 5.91. The van der Waals surface area contributed by atoms with Gasteiger partial charge in [0.25, 0.3) is 0 Å². The van der Waals surface area contributed by atoms with Gasteiger partial charge >= 0.3 is 0 Å². The van der Waals surface area contributed by atoms with Gasteiger partial charge in [0, 0.05) is 18.9 Å². The van der Waals surface area contributed by atoms with E-state index in [1.165, 1.54) is 6.92 Å². The second kappa shape index (κ2) is 4.14. The molecule has 0 radical (unpaired) electrons. The van der Waals surface area contributed by atoms with Crippen molar-refractivity contribution >= 4 is 5.78 Å². The summed E-state index contributed by atoms with van der Waals surface area (Å²) in [7, 11) is 2.12. The number of nitrogens with zero attached hydrogens (tertiary/aromatic N) is 2. The van der Waals surface area contributed by atoms with Crippen LogP contribution in [-0.4, -0.2) is 36.0 Å². The Balaban J connectivity index is 2.06. The lowest BCUT2D eigenvalue weighted by Crippen LogP contribution is -2.29. The molecule has 1 saturated heterocycles. The van der Waals surface area contributed by atoms with Crippen LogP contribution in [0.5, 0.6) is 0 Å². The lowest BCUT2D eigenvalue weighted by Gasteiger charge is -2.27. The maximum atomic E-state index is 11.1. The van der Waals surface area contributed by atoms with E-state index in [2.05, 4.69) is 17.1 Å². The third-order valence-corrected chi connectivity index (χ3v) is 3.01. The Morgan fingerprint density at radius 1 is 1.53 bits per heavy atom. The molecule has 0 N–H and O–H groups in total. The molecule has 1 aromatic heterocycles. The molecule has 0 amide bonds. The molecule has 0 aromatic carbocycles. The molecule has 0 unspecified atom stereocenters. The fourth-order valence-corrected chi connectivity index (χ4v) is 1.94. The minimum atomic E-state index is -0.0297. The minimum Gasteiger partial charge on any atom is -0.360 e. The van der Waals surface area contributed by atoms with Crippen LogP contribution in [0.15, 0.2) is 10.6 Å². The fourth-order valence-electron chi connectivity index (χ4n) is 1.94. The van der Waals surface area contributed by atoms with Crippen LogP contribution in [0.3, 0.4) is 0 Å². The molecule has 82 valence electrons. The Bertz CT molecular complexity index is 351. The van der Waals surface area contributed by atoms with Crippen LogP contribution in [0.2, 0.25) is 0 Å². The first-order chi connectivity index (χ1) is 7.16. The molecular weight excluding hydrogens is 192 g/mol. The Kier molecular flexibility index (Phi) is 2.86. The average molecular weight is 208 g/mol. The van der Waals surface area contributed by atoms with Gasteiger partial charge in [0.05, 0.1) is 0 Å². The molecule has 1 aromatic rings. The van der Waals surface area contributed by atoms with Crippen molar-refractivity contribution in [2.24, 2.45) is 0 Å². The molecule has 0 saturated carbocycles. The zero-order valence-corrected chi connectivity index (χ0v) is 9.19. The molecule has 0 aliphatic carbocycles. The summed E-state index contributed by atoms with van der Waals surface area (Å²) in [4.78, 5) is 13.4. The molecule has 4 heteroatoms. The second-order valence-corrected chi connectivity index (χ2v) is 4.25. The van der Waals surface area contributed by atoms with Gasteiger partial charge in [0.1, 0.15) is 11.5 Å². The summed E-state index contributed by atoms with van der Waals surface area (Å²) in [5.74, 6) is 1.27. The SMILES string of the molecule is CC(=O)c1cc(C2CCN(C)CC2)on1. The lowest BCUT2D eigenvalue weighted by atomic mass is 9.94. The van der Waals surface area contributed by atoms with Crippen molar-refractivity contribution in [3.63, 3.8) is 0 Å². The molecule has 2 rings (SSSR count). The first kappa shape index (κ1) is 10.4. The summed E-state index contributed by atoms with van der Waals surface area (Å²) < 4.78 is 5.21. The van der Waals surface area contributed by atoms with Crippen LogP contribution in [0, 0.1) is 0 Å². The third kappa shape index (κ3) is 2.26. The van der Waals surface area contributed by atoms with Crippen molar-refractivity contribution in [1.82, 2.24) is 10.1 Å². The number of hydrogen-bond donors (Lipinski definition) is 0. The van der Waals surface area contributed by atoms with Gasteiger partial charge < -0.3 is 9.42 Å². The smallest absolute Gasteiger partial charge is 0.181 e. The highest BCUT2D eigenvalue weighted by Crippen LogP contribution is 2.27. The van der Waals surface area contributed by atoms with Gasteiger partial charge in [0.15, 0.2) is 5.78 Å². The Labute approximate surface area is 89.2 Å². The summed E-state index contributed by atoms with van der Waals surface area (Å²) in [6, 6.07) is 1.79. The van der Waals surface area contributed by atoms with Gasteiger partial charge in [-0.05, 0) is 33.0 Å². The zero-order chi connectivity index (χ0) is 10.8. The van der Waals surface area contributed by atoms with Crippen molar-refractivity contribution in [2.75, 3.05) is 20.1 Å². The van der Waals surface area contributed by atoms with Gasteiger partial charge in [-0.1, -0.05) is 5.16 Å². The maximum absolute atomic E-state index is 11.1. The van der Waals surface area contributed by atoms with E-state index in [1.54, 1.807) is 6.07 Å². The maximum Gasteiger partial charge on any atom is 0.181 e. The molecule has 0 bridgehead atoms. The van der Waals surface area contributed by atoms with Crippen LogP contribution in [-0.2, 0) is 0 Å². The molecule has 2 heterocycles. The quantitative estimate of drug-likeness (QED) is 0.694. The van der Waals surface area contributed by atoms with Crippen molar-refractivity contribution < 1.29 is 9.32 Å². The number of rotatable bonds is 2. The lowest BCUT2D eigenvalue weighted by molar-refractivity contribution is 0.100. The van der Waals surface area contributed by atoms with Crippen LogP contribution in [0.4, 0.5) is 0 Å². The number of hydrogen-bond acceptors (Lipinski definition) is 4. The standard InChI is InChI=1S/C11H16N2O2/c1-8(14)10-7-11(15-12-10)9-3-5-13(2)6-4-9/h7,9H,3-6H2,1-2H3. The van der Waals surface area contributed by atoms with E-state index in [-0.39, 0.29) is 5.78 Å². The number of carbonyl (C=O) groups is 1. The summed E-state index contributed by atoms with van der Waals surface area (Å²) in [5, 5.41) is 3.77. The number of ketones is 1. The van der Waals surface area contributed by atoms with Crippen molar-refractivity contribution in [1.29, 1.82) is 0 Å². The molecule has 4 nitrogen and oxygen atoms in total. The number of aromatic nitrogens is 1. The van der Waals surface area contributed by atoms with Crippen LogP contribution in [0.25, 0.3) is 0 Å². The summed E-state index contributed by atoms with van der Waals surface area (Å²) >= 11 is 0. The molecular formula is C11H16N2O2. The first-order valence-electron chi connectivity index (χ1n) is 5.33. The van der Waals surface area contributed by atoms with E-state index in [0.717, 1.165) is 31.7 Å². The molecule has 0 spiro atoms. The van der Waals surface area contributed by atoms with E-state index in [4.69, 9.17) is 4.52 Å². The van der Waals surface area contributed by atoms with Crippen molar-refractivity contribution in [3.8, 4) is 0 Å². The fraction of sp³-hybridized carbons (Fsp3) is 0.636. The topological polar surface area (TPSA) is 46.3 Å². The van der Waals surface area contributed by atoms with Crippen LogP contribution in [0.1, 0.15) is 41.9 Å². The molecule has 15 heavy (non-hydrogen) atoms. The van der Waals surface area contributed by atoms with Crippen LogP contribution >= 0.6 is 0 Å². The van der Waals surface area contributed by atoms with E-state index < -0.39 is 0 Å². The first-order valence-corrected chi connectivity index (χ1v) is 5.33. The van der Waals surface area contributed by atoms with E-state index in [9.17, 15) is 4.79 Å². The minimum absolute atomic E-state index is 0.0297. The second-order valence-electron chi connectivity index (χ2n) is 4.25. The van der Waals surface area contributed by atoms with E-state index in [0.29, 0.717) is 11.6 Å². The van der Waals surface area contributed by atoms with Gasteiger partial charge in [-0.2, -0.15) is 0 Å². The monoisotopic (exact) mass is 208 g/mol. The highest BCUT2D eigenvalue weighted by atomic mass is 16.5. The average Bonchev–Trinajstić information content (AvgIpc) is 2.68. The Hall–Kier alpha value is -1.16. The predicted molar refractivity (Wildman–Crippen MR) is 56.0 cm³/mol. The number of Topliss-reactive ketones (excluding diaryl/α,β-unsaturated/α-hetero) is 1. The van der Waals surface area contributed by atoms with Crippen molar-refractivity contribution in [2.45, 2.75) is 25.7 Å². The highest BCUT2D eigenvalue weighted by Gasteiger charge is 2.22. The molecule has 1 aliphatic rings. The predicted octanol–water partition coefficient (Wildman–Crippen LogP) is 1.69. The Morgan fingerprint density at radius 3 is 2.73 bits per heavy atom. The third-order valence-electron chi connectivity index (χ3n) is 3.01. The van der Waals surface area contributed by atoms with Gasteiger partial charge in [-0.15, -0.1) is 0 Å². The molecule has 0 atom stereocenters. The largest absolute Gasteiger partial charge is 0.360 e. The normalized spacial score (nSPS) is 19.3. The van der Waals surface area contributed by atoms with E-state index >= 15 is 0 Å².